The number of rotatable bonds is 5. The molecule has 0 aliphatic heterocycles. The van der Waals surface area contributed by atoms with Crippen LogP contribution in [0.5, 0.6) is 0 Å². The van der Waals surface area contributed by atoms with Crippen LogP contribution in [0.2, 0.25) is 0 Å². The number of benzene rings is 2. The minimum absolute atomic E-state index is 0.360. The van der Waals surface area contributed by atoms with E-state index in [0.29, 0.717) is 12.1 Å². The molecule has 1 N–H and O–H groups in total. The quantitative estimate of drug-likeness (QED) is 0.789. The summed E-state index contributed by atoms with van der Waals surface area (Å²) in [4.78, 5) is 0. The molecule has 0 bridgehead atoms. The molecule has 2 atom stereocenters. The van der Waals surface area contributed by atoms with Crippen molar-refractivity contribution in [2.45, 2.75) is 31.8 Å². The van der Waals surface area contributed by atoms with Crippen LogP contribution in [0.15, 0.2) is 59.1 Å². The Labute approximate surface area is 129 Å². The maximum absolute atomic E-state index is 3.82. The van der Waals surface area contributed by atoms with Crippen molar-refractivity contribution in [1.29, 1.82) is 0 Å². The first kappa shape index (κ1) is 13.8. The second-order valence-corrected chi connectivity index (χ2v) is 6.58. The zero-order valence-corrected chi connectivity index (χ0v) is 13.3. The van der Waals surface area contributed by atoms with E-state index < -0.39 is 0 Å². The maximum atomic E-state index is 3.82. The van der Waals surface area contributed by atoms with E-state index in [1.807, 2.05) is 0 Å². The molecule has 0 radical (unpaired) electrons. The molecule has 2 aromatic carbocycles. The van der Waals surface area contributed by atoms with E-state index in [9.17, 15) is 0 Å². The molecule has 1 saturated carbocycles. The van der Waals surface area contributed by atoms with Crippen molar-refractivity contribution < 1.29 is 0 Å². The first-order valence-corrected chi connectivity index (χ1v) is 8.10. The minimum Gasteiger partial charge on any atom is -0.303 e. The van der Waals surface area contributed by atoms with E-state index in [0.717, 1.165) is 10.4 Å². The Bertz CT molecular complexity index is 563. The fourth-order valence-corrected chi connectivity index (χ4v) is 3.15. The third kappa shape index (κ3) is 3.31. The Morgan fingerprint density at radius 3 is 2.35 bits per heavy atom. The predicted molar refractivity (Wildman–Crippen MR) is 87.6 cm³/mol. The van der Waals surface area contributed by atoms with Crippen molar-refractivity contribution in [1.82, 2.24) is 5.32 Å². The minimum atomic E-state index is 0.360. The Balaban J connectivity index is 1.77. The van der Waals surface area contributed by atoms with Crippen LogP contribution < -0.4 is 5.32 Å². The topological polar surface area (TPSA) is 12.0 Å². The third-order valence-electron chi connectivity index (χ3n) is 4.03. The molecule has 0 aromatic heterocycles. The van der Waals surface area contributed by atoms with E-state index in [4.69, 9.17) is 0 Å². The van der Waals surface area contributed by atoms with Gasteiger partial charge in [-0.05, 0) is 48.9 Å². The molecule has 1 aliphatic carbocycles. The van der Waals surface area contributed by atoms with Crippen LogP contribution >= 0.6 is 15.9 Å². The van der Waals surface area contributed by atoms with Gasteiger partial charge in [0.05, 0.1) is 0 Å². The summed E-state index contributed by atoms with van der Waals surface area (Å²) in [7, 11) is 0. The van der Waals surface area contributed by atoms with Gasteiger partial charge in [0, 0.05) is 16.6 Å². The highest BCUT2D eigenvalue weighted by atomic mass is 79.9. The van der Waals surface area contributed by atoms with Crippen LogP contribution in [0.25, 0.3) is 0 Å². The summed E-state index contributed by atoms with van der Waals surface area (Å²) in [5.41, 5.74) is 2.75. The highest BCUT2D eigenvalue weighted by Gasteiger charge is 2.32. The molecule has 0 amide bonds. The number of hydrogen-bond acceptors (Lipinski definition) is 1. The van der Waals surface area contributed by atoms with E-state index in [1.54, 1.807) is 0 Å². The summed E-state index contributed by atoms with van der Waals surface area (Å²) >= 11 is 3.56. The smallest absolute Gasteiger partial charge is 0.0353 e. The van der Waals surface area contributed by atoms with Gasteiger partial charge in [-0.1, -0.05) is 58.4 Å². The third-order valence-corrected chi connectivity index (χ3v) is 4.52. The lowest BCUT2D eigenvalue weighted by atomic mass is 9.99. The van der Waals surface area contributed by atoms with Crippen LogP contribution in [0, 0.1) is 5.92 Å². The van der Waals surface area contributed by atoms with Gasteiger partial charge in [-0.2, -0.15) is 0 Å². The number of halogens is 1. The van der Waals surface area contributed by atoms with Gasteiger partial charge in [0.2, 0.25) is 0 Å². The second kappa shape index (κ2) is 6.11. The molecule has 2 aromatic rings. The zero-order chi connectivity index (χ0) is 13.9. The molecule has 3 rings (SSSR count). The van der Waals surface area contributed by atoms with Gasteiger partial charge in [-0.25, -0.2) is 0 Å². The molecule has 20 heavy (non-hydrogen) atoms. The predicted octanol–water partition coefficient (Wildman–Crippen LogP) is 5.25. The second-order valence-electron chi connectivity index (χ2n) is 5.67. The van der Waals surface area contributed by atoms with Gasteiger partial charge in [-0.15, -0.1) is 0 Å². The highest BCUT2D eigenvalue weighted by Crippen LogP contribution is 2.42. The van der Waals surface area contributed by atoms with Crippen LogP contribution in [0.1, 0.15) is 43.0 Å². The van der Waals surface area contributed by atoms with Crippen LogP contribution in [-0.4, -0.2) is 0 Å². The average Bonchev–Trinajstić information content (AvgIpc) is 3.30. The van der Waals surface area contributed by atoms with Crippen molar-refractivity contribution in [3.63, 3.8) is 0 Å². The van der Waals surface area contributed by atoms with Crippen molar-refractivity contribution in [3.8, 4) is 0 Å². The van der Waals surface area contributed by atoms with Crippen molar-refractivity contribution in [2.24, 2.45) is 5.92 Å². The Morgan fingerprint density at radius 2 is 1.70 bits per heavy atom. The summed E-state index contributed by atoms with van der Waals surface area (Å²) in [5, 5.41) is 3.82. The maximum Gasteiger partial charge on any atom is 0.0353 e. The molecule has 0 heterocycles. The fourth-order valence-electron chi connectivity index (χ4n) is 2.74. The first-order chi connectivity index (χ1) is 9.74. The normalized spacial score (nSPS) is 17.7. The molecular weight excluding hydrogens is 310 g/mol. The summed E-state index contributed by atoms with van der Waals surface area (Å²) < 4.78 is 1.14. The Hall–Kier alpha value is -1.12. The molecule has 104 valence electrons. The first-order valence-electron chi connectivity index (χ1n) is 7.30. The largest absolute Gasteiger partial charge is 0.303 e. The average molecular weight is 330 g/mol. The lowest BCUT2D eigenvalue weighted by Crippen LogP contribution is -2.26. The zero-order valence-electron chi connectivity index (χ0n) is 11.7. The van der Waals surface area contributed by atoms with Gasteiger partial charge in [-0.3, -0.25) is 0 Å². The summed E-state index contributed by atoms with van der Waals surface area (Å²) in [6.45, 7) is 2.25. The molecule has 1 nitrogen and oxygen atoms in total. The molecular formula is C18H20BrN. The summed E-state index contributed by atoms with van der Waals surface area (Å²) in [6.07, 6.45) is 2.69. The lowest BCUT2D eigenvalue weighted by Gasteiger charge is -2.24. The van der Waals surface area contributed by atoms with Crippen molar-refractivity contribution >= 4 is 15.9 Å². The fraction of sp³-hybridized carbons (Fsp3) is 0.333. The van der Waals surface area contributed by atoms with E-state index >= 15 is 0 Å². The molecule has 0 spiro atoms. The van der Waals surface area contributed by atoms with Crippen molar-refractivity contribution in [3.05, 3.63) is 70.2 Å². The molecule has 1 aliphatic rings. The summed E-state index contributed by atoms with van der Waals surface area (Å²) in [6, 6.07) is 20.2. The van der Waals surface area contributed by atoms with E-state index in [1.165, 1.54) is 24.0 Å². The van der Waals surface area contributed by atoms with E-state index in [2.05, 4.69) is 82.8 Å². The monoisotopic (exact) mass is 329 g/mol. The summed E-state index contributed by atoms with van der Waals surface area (Å²) in [5.74, 6) is 0.798. The number of nitrogens with one attached hydrogen (secondary N) is 1. The van der Waals surface area contributed by atoms with Crippen LogP contribution in [-0.2, 0) is 0 Å². The van der Waals surface area contributed by atoms with Gasteiger partial charge in [0.25, 0.3) is 0 Å². The van der Waals surface area contributed by atoms with E-state index in [-0.39, 0.29) is 0 Å². The molecule has 1 fully saturated rings. The highest BCUT2D eigenvalue weighted by molar-refractivity contribution is 9.10. The van der Waals surface area contributed by atoms with Gasteiger partial charge in [0.15, 0.2) is 0 Å². The van der Waals surface area contributed by atoms with Crippen LogP contribution in [0.3, 0.4) is 0 Å². The Morgan fingerprint density at radius 1 is 1.00 bits per heavy atom. The standard InChI is InChI=1S/C18H20BrN/c1-13(16-8-5-9-17(19)12-16)20-18(15-10-11-15)14-6-3-2-4-7-14/h2-9,12-13,15,18,20H,10-11H2,1H3/t13-,18?/m1/s1. The lowest BCUT2D eigenvalue weighted by molar-refractivity contribution is 0.427. The van der Waals surface area contributed by atoms with Crippen molar-refractivity contribution in [2.75, 3.05) is 0 Å². The molecule has 2 heteroatoms. The van der Waals surface area contributed by atoms with Gasteiger partial charge >= 0.3 is 0 Å². The Kier molecular flexibility index (Phi) is 4.23. The van der Waals surface area contributed by atoms with Gasteiger partial charge < -0.3 is 5.32 Å². The number of hydrogen-bond donors (Lipinski definition) is 1. The SMILES string of the molecule is C[C@@H](NC(c1ccccc1)C1CC1)c1cccc(Br)c1. The molecule has 1 unspecified atom stereocenters. The molecule has 0 saturated heterocycles. The van der Waals surface area contributed by atoms with Crippen LogP contribution in [0.4, 0.5) is 0 Å². The van der Waals surface area contributed by atoms with Gasteiger partial charge in [0.1, 0.15) is 0 Å².